The summed E-state index contributed by atoms with van der Waals surface area (Å²) in [5.41, 5.74) is 4.76. The van der Waals surface area contributed by atoms with E-state index in [9.17, 15) is 18.0 Å². The molecule has 3 rings (SSSR count). The third-order valence-corrected chi connectivity index (χ3v) is 4.55. The zero-order chi connectivity index (χ0) is 20.1. The van der Waals surface area contributed by atoms with Gasteiger partial charge in [0, 0.05) is 57.3 Å². The summed E-state index contributed by atoms with van der Waals surface area (Å²) in [4.78, 5) is 27.4. The first-order valence-corrected chi connectivity index (χ1v) is 9.00. The molecule has 1 aromatic heterocycles. The number of nitrogens with two attached hydrogens (primary N) is 1. The minimum Gasteiger partial charge on any atom is -0.404 e. The van der Waals surface area contributed by atoms with Crippen LogP contribution in [-0.4, -0.2) is 72.8 Å². The summed E-state index contributed by atoms with van der Waals surface area (Å²) in [5.74, 6) is -0.130. The van der Waals surface area contributed by atoms with Crippen molar-refractivity contribution in [3.8, 4) is 0 Å². The first-order chi connectivity index (χ1) is 13.4. The van der Waals surface area contributed by atoms with Crippen LogP contribution in [0.15, 0.2) is 17.3 Å². The Hall–Kier alpha value is -2.69. The molecular weight excluding hydrogens is 375 g/mol. The van der Waals surface area contributed by atoms with Crippen molar-refractivity contribution < 1.29 is 18.0 Å². The minimum atomic E-state index is -4.60. The Morgan fingerprint density at radius 1 is 1.25 bits per heavy atom. The van der Waals surface area contributed by atoms with E-state index in [4.69, 9.17) is 5.73 Å². The molecule has 0 radical (unpaired) electrons. The summed E-state index contributed by atoms with van der Waals surface area (Å²) >= 11 is 0. The van der Waals surface area contributed by atoms with Gasteiger partial charge in [-0.15, -0.1) is 0 Å². The maximum absolute atomic E-state index is 13.2. The van der Waals surface area contributed by atoms with Gasteiger partial charge in [0.15, 0.2) is 5.69 Å². The highest BCUT2D eigenvalue weighted by atomic mass is 19.4. The van der Waals surface area contributed by atoms with Crippen molar-refractivity contribution in [2.24, 2.45) is 10.7 Å². The van der Waals surface area contributed by atoms with E-state index >= 15 is 0 Å². The molecule has 0 saturated carbocycles. The second kappa shape index (κ2) is 8.55. The first-order valence-electron chi connectivity index (χ1n) is 9.00. The third-order valence-electron chi connectivity index (χ3n) is 4.55. The van der Waals surface area contributed by atoms with Crippen LogP contribution in [0.2, 0.25) is 0 Å². The molecule has 11 heteroatoms. The highest BCUT2D eigenvalue weighted by molar-refractivity contribution is 6.09. The lowest BCUT2D eigenvalue weighted by Gasteiger charge is -2.31. The van der Waals surface area contributed by atoms with Crippen LogP contribution in [0.1, 0.15) is 17.8 Å². The number of hydrogen-bond acceptors (Lipinski definition) is 7. The van der Waals surface area contributed by atoms with Gasteiger partial charge in [0.05, 0.1) is 5.69 Å². The third kappa shape index (κ3) is 4.77. The molecule has 0 aliphatic carbocycles. The van der Waals surface area contributed by atoms with Gasteiger partial charge in [-0.05, 0) is 12.5 Å². The Kier molecular flexibility index (Phi) is 6.12. The number of aromatic nitrogens is 2. The van der Waals surface area contributed by atoms with Crippen LogP contribution in [0.3, 0.4) is 0 Å². The van der Waals surface area contributed by atoms with E-state index in [2.05, 4.69) is 20.3 Å². The van der Waals surface area contributed by atoms with Gasteiger partial charge in [-0.25, -0.2) is 9.97 Å². The number of hydrogen-bond donors (Lipinski definition) is 2. The van der Waals surface area contributed by atoms with Gasteiger partial charge < -0.3 is 20.9 Å². The number of nitrogens with one attached hydrogen (secondary N) is 1. The topological polar surface area (TPSA) is 99.7 Å². The number of carbonyl (C=O) groups is 1. The van der Waals surface area contributed by atoms with E-state index in [1.54, 1.807) is 9.80 Å². The van der Waals surface area contributed by atoms with Gasteiger partial charge in [0.1, 0.15) is 6.54 Å². The van der Waals surface area contributed by atoms with Gasteiger partial charge in [-0.3, -0.25) is 9.79 Å². The summed E-state index contributed by atoms with van der Waals surface area (Å²) in [6, 6.07) is 0.839. The molecular formula is C17H22F3N7O. The molecule has 8 nitrogen and oxygen atoms in total. The van der Waals surface area contributed by atoms with Crippen molar-refractivity contribution in [2.75, 3.05) is 50.7 Å². The predicted molar refractivity (Wildman–Crippen MR) is 98.8 cm³/mol. The summed E-state index contributed by atoms with van der Waals surface area (Å²) in [5, 5.41) is 3.15. The summed E-state index contributed by atoms with van der Waals surface area (Å²) < 4.78 is 39.6. The number of piperazine rings is 1. The quantitative estimate of drug-likeness (QED) is 0.703. The Bertz CT molecular complexity index is 769. The van der Waals surface area contributed by atoms with Crippen molar-refractivity contribution in [3.05, 3.63) is 23.7 Å². The zero-order valence-electron chi connectivity index (χ0n) is 15.2. The van der Waals surface area contributed by atoms with E-state index in [0.29, 0.717) is 26.2 Å². The van der Waals surface area contributed by atoms with Crippen molar-refractivity contribution >= 4 is 23.6 Å². The number of alkyl halides is 3. The normalized spacial score (nSPS) is 18.5. The molecule has 3 N–H and O–H groups in total. The molecule has 0 aromatic carbocycles. The number of allylic oxidation sites excluding steroid dienone is 1. The van der Waals surface area contributed by atoms with Gasteiger partial charge in [0.25, 0.3) is 0 Å². The largest absolute Gasteiger partial charge is 0.433 e. The maximum Gasteiger partial charge on any atom is 0.433 e. The van der Waals surface area contributed by atoms with Gasteiger partial charge in [-0.2, -0.15) is 13.2 Å². The standard InChI is InChI=1S/C17H22F3N7O/c18-17(19,20)14-8-13(24-16(25-14)27-4-1-5-27)12(9-21)10-23-11-15(28)26-6-2-22-3-7-26/h8-10,22H,1-7,11,21H2. The molecule has 28 heavy (non-hydrogen) atoms. The fourth-order valence-corrected chi connectivity index (χ4v) is 2.82. The Labute approximate surface area is 160 Å². The number of carbonyl (C=O) groups excluding carboxylic acids is 1. The van der Waals surface area contributed by atoms with E-state index in [0.717, 1.165) is 31.8 Å². The number of amides is 1. The molecule has 0 unspecified atom stereocenters. The molecule has 1 aromatic rings. The van der Waals surface area contributed by atoms with E-state index in [1.807, 2.05) is 0 Å². The fraction of sp³-hybridized carbons (Fsp3) is 0.529. The number of aliphatic imine (C=N–C) groups is 1. The van der Waals surface area contributed by atoms with Crippen molar-refractivity contribution in [3.63, 3.8) is 0 Å². The Balaban J connectivity index is 1.76. The van der Waals surface area contributed by atoms with Gasteiger partial charge >= 0.3 is 6.18 Å². The maximum atomic E-state index is 13.2. The Morgan fingerprint density at radius 2 is 1.96 bits per heavy atom. The molecule has 0 spiro atoms. The fourth-order valence-electron chi connectivity index (χ4n) is 2.82. The highest BCUT2D eigenvalue weighted by Gasteiger charge is 2.35. The predicted octanol–water partition coefficient (Wildman–Crippen LogP) is 0.508. The minimum absolute atomic E-state index is 0.0146. The molecule has 2 fully saturated rings. The molecule has 0 atom stereocenters. The summed E-state index contributed by atoms with van der Waals surface area (Å²) in [6.45, 7) is 3.77. The summed E-state index contributed by atoms with van der Waals surface area (Å²) in [6.07, 6.45) is -1.32. The van der Waals surface area contributed by atoms with Crippen LogP contribution in [0, 0.1) is 0 Å². The van der Waals surface area contributed by atoms with E-state index in [1.165, 1.54) is 6.21 Å². The van der Waals surface area contributed by atoms with Crippen LogP contribution >= 0.6 is 0 Å². The molecule has 0 bridgehead atoms. The molecule has 2 saturated heterocycles. The van der Waals surface area contributed by atoms with Crippen LogP contribution in [-0.2, 0) is 11.0 Å². The van der Waals surface area contributed by atoms with E-state index < -0.39 is 11.9 Å². The smallest absolute Gasteiger partial charge is 0.404 e. The van der Waals surface area contributed by atoms with Crippen LogP contribution < -0.4 is 16.0 Å². The lowest BCUT2D eigenvalue weighted by Crippen LogP contribution is -2.47. The second-order valence-corrected chi connectivity index (χ2v) is 6.50. The molecule has 1 amide bonds. The lowest BCUT2D eigenvalue weighted by molar-refractivity contribution is -0.141. The SMILES string of the molecule is NC=C(C=NCC(=O)N1CCNCC1)c1cc(C(F)(F)F)nc(N2CCC2)n1. The Morgan fingerprint density at radius 3 is 2.54 bits per heavy atom. The van der Waals surface area contributed by atoms with Gasteiger partial charge in [0.2, 0.25) is 11.9 Å². The second-order valence-electron chi connectivity index (χ2n) is 6.50. The van der Waals surface area contributed by atoms with Gasteiger partial charge in [-0.1, -0.05) is 0 Å². The average molecular weight is 397 g/mol. The van der Waals surface area contributed by atoms with Crippen LogP contribution in [0.4, 0.5) is 19.1 Å². The molecule has 152 valence electrons. The van der Waals surface area contributed by atoms with Crippen LogP contribution in [0.25, 0.3) is 5.57 Å². The number of rotatable bonds is 5. The lowest BCUT2D eigenvalue weighted by atomic mass is 10.2. The monoisotopic (exact) mass is 397 g/mol. The molecule has 3 heterocycles. The van der Waals surface area contributed by atoms with Crippen molar-refractivity contribution in [1.29, 1.82) is 0 Å². The van der Waals surface area contributed by atoms with E-state index in [-0.39, 0.29) is 29.7 Å². The molecule has 2 aliphatic rings. The summed E-state index contributed by atoms with van der Waals surface area (Å²) in [7, 11) is 0. The van der Waals surface area contributed by atoms with Crippen molar-refractivity contribution in [2.45, 2.75) is 12.6 Å². The van der Waals surface area contributed by atoms with Crippen LogP contribution in [0.5, 0.6) is 0 Å². The number of nitrogens with zero attached hydrogens (tertiary/aromatic N) is 5. The first kappa shape index (κ1) is 20.1. The van der Waals surface area contributed by atoms with Crippen molar-refractivity contribution in [1.82, 2.24) is 20.2 Å². The average Bonchev–Trinajstić information content (AvgIpc) is 2.63. The molecule has 2 aliphatic heterocycles. The highest BCUT2D eigenvalue weighted by Crippen LogP contribution is 2.31. The number of anilines is 1. The number of halogens is 3. The zero-order valence-corrected chi connectivity index (χ0v) is 15.2.